The van der Waals surface area contributed by atoms with Crippen molar-refractivity contribution in [1.29, 1.82) is 0 Å². The van der Waals surface area contributed by atoms with Gasteiger partial charge in [-0.1, -0.05) is 12.1 Å². The molecule has 1 aromatic carbocycles. The summed E-state index contributed by atoms with van der Waals surface area (Å²) in [7, 11) is 1.53. The molecule has 0 radical (unpaired) electrons. The number of hydrogen-bond donors (Lipinski definition) is 1. The molecule has 4 heteroatoms. The molecule has 1 unspecified atom stereocenters. The van der Waals surface area contributed by atoms with Gasteiger partial charge in [0.25, 0.3) is 0 Å². The summed E-state index contributed by atoms with van der Waals surface area (Å²) in [4.78, 5) is 1.25. The predicted octanol–water partition coefficient (Wildman–Crippen LogP) is 3.75. The fourth-order valence-electron chi connectivity index (χ4n) is 1.70. The largest absolute Gasteiger partial charge is 0.497 e. The standard InChI is InChI=1S/C14H16FNOS/c1-10(14-4-3-7-18-14)16-9-11-5-6-12(17-2)8-13(11)15/h3-8,10,16H,9H2,1-2H3. The van der Waals surface area contributed by atoms with Crippen LogP contribution in [0.15, 0.2) is 35.7 Å². The van der Waals surface area contributed by atoms with Gasteiger partial charge >= 0.3 is 0 Å². The average molecular weight is 265 g/mol. The van der Waals surface area contributed by atoms with E-state index in [9.17, 15) is 4.39 Å². The molecule has 2 aromatic rings. The fraction of sp³-hybridized carbons (Fsp3) is 0.286. The SMILES string of the molecule is COc1ccc(CNC(C)c2cccs2)c(F)c1. The van der Waals surface area contributed by atoms with Crippen molar-refractivity contribution in [2.45, 2.75) is 19.5 Å². The molecule has 0 bridgehead atoms. The third kappa shape index (κ3) is 3.09. The van der Waals surface area contributed by atoms with Gasteiger partial charge in [-0.05, 0) is 24.4 Å². The number of benzene rings is 1. The quantitative estimate of drug-likeness (QED) is 0.889. The van der Waals surface area contributed by atoms with E-state index in [1.807, 2.05) is 11.4 Å². The third-order valence-electron chi connectivity index (χ3n) is 2.83. The second-order valence-corrected chi connectivity index (χ2v) is 5.05. The number of hydrogen-bond acceptors (Lipinski definition) is 3. The highest BCUT2D eigenvalue weighted by atomic mass is 32.1. The van der Waals surface area contributed by atoms with E-state index in [2.05, 4.69) is 18.3 Å². The molecule has 1 heterocycles. The van der Waals surface area contributed by atoms with Gasteiger partial charge in [0.1, 0.15) is 11.6 Å². The lowest BCUT2D eigenvalue weighted by Crippen LogP contribution is -2.17. The van der Waals surface area contributed by atoms with Crippen LogP contribution in [0.25, 0.3) is 0 Å². The molecule has 0 fully saturated rings. The van der Waals surface area contributed by atoms with E-state index in [4.69, 9.17) is 4.74 Å². The minimum atomic E-state index is -0.236. The van der Waals surface area contributed by atoms with E-state index in [-0.39, 0.29) is 11.9 Å². The van der Waals surface area contributed by atoms with E-state index >= 15 is 0 Å². The Morgan fingerprint density at radius 3 is 2.83 bits per heavy atom. The summed E-state index contributed by atoms with van der Waals surface area (Å²) >= 11 is 1.70. The van der Waals surface area contributed by atoms with Crippen LogP contribution in [-0.2, 0) is 6.54 Å². The molecule has 0 amide bonds. The molecule has 96 valence electrons. The number of rotatable bonds is 5. The first-order chi connectivity index (χ1) is 8.70. The van der Waals surface area contributed by atoms with Gasteiger partial charge < -0.3 is 10.1 Å². The number of halogens is 1. The molecule has 18 heavy (non-hydrogen) atoms. The van der Waals surface area contributed by atoms with Crippen LogP contribution in [0.2, 0.25) is 0 Å². The predicted molar refractivity (Wildman–Crippen MR) is 72.5 cm³/mol. The van der Waals surface area contributed by atoms with Gasteiger partial charge in [-0.25, -0.2) is 4.39 Å². The maximum atomic E-state index is 13.7. The Labute approximate surface area is 110 Å². The van der Waals surface area contributed by atoms with E-state index in [0.717, 1.165) is 0 Å². The molecular weight excluding hydrogens is 249 g/mol. The first-order valence-electron chi connectivity index (χ1n) is 5.80. The highest BCUT2D eigenvalue weighted by molar-refractivity contribution is 7.10. The van der Waals surface area contributed by atoms with Crippen LogP contribution in [0.1, 0.15) is 23.4 Å². The monoisotopic (exact) mass is 265 g/mol. The molecule has 1 atom stereocenters. The molecule has 0 saturated carbocycles. The first kappa shape index (κ1) is 13.1. The molecule has 1 N–H and O–H groups in total. The first-order valence-corrected chi connectivity index (χ1v) is 6.68. The smallest absolute Gasteiger partial charge is 0.131 e. The van der Waals surface area contributed by atoms with Gasteiger partial charge in [-0.15, -0.1) is 11.3 Å². The van der Waals surface area contributed by atoms with Crippen molar-refractivity contribution in [3.63, 3.8) is 0 Å². The highest BCUT2D eigenvalue weighted by Gasteiger charge is 2.08. The summed E-state index contributed by atoms with van der Waals surface area (Å²) in [6.45, 7) is 2.59. The lowest BCUT2D eigenvalue weighted by atomic mass is 10.2. The fourth-order valence-corrected chi connectivity index (χ4v) is 2.46. The molecule has 0 spiro atoms. The zero-order valence-electron chi connectivity index (χ0n) is 10.4. The van der Waals surface area contributed by atoms with E-state index in [1.54, 1.807) is 23.5 Å². The van der Waals surface area contributed by atoms with Crippen molar-refractivity contribution in [1.82, 2.24) is 5.32 Å². The van der Waals surface area contributed by atoms with Crippen molar-refractivity contribution in [2.75, 3.05) is 7.11 Å². The molecule has 2 nitrogen and oxygen atoms in total. The van der Waals surface area contributed by atoms with Crippen LogP contribution < -0.4 is 10.1 Å². The summed E-state index contributed by atoms with van der Waals surface area (Å²) in [5.74, 6) is 0.308. The Bertz CT molecular complexity index is 499. The van der Waals surface area contributed by atoms with Gasteiger partial charge in [-0.2, -0.15) is 0 Å². The molecule has 0 saturated heterocycles. The minimum Gasteiger partial charge on any atom is -0.497 e. The average Bonchev–Trinajstić information content (AvgIpc) is 2.90. The Morgan fingerprint density at radius 2 is 2.22 bits per heavy atom. The molecule has 0 aliphatic carbocycles. The van der Waals surface area contributed by atoms with Crippen molar-refractivity contribution in [3.05, 3.63) is 52.0 Å². The summed E-state index contributed by atoms with van der Waals surface area (Å²) in [6.07, 6.45) is 0. The van der Waals surface area contributed by atoms with Gasteiger partial charge in [0.15, 0.2) is 0 Å². The van der Waals surface area contributed by atoms with Gasteiger partial charge in [0.2, 0.25) is 0 Å². The lowest BCUT2D eigenvalue weighted by molar-refractivity contribution is 0.410. The zero-order chi connectivity index (χ0) is 13.0. The van der Waals surface area contributed by atoms with E-state index < -0.39 is 0 Å². The van der Waals surface area contributed by atoms with Crippen LogP contribution in [0, 0.1) is 5.82 Å². The normalized spacial score (nSPS) is 12.4. The van der Waals surface area contributed by atoms with Gasteiger partial charge in [-0.3, -0.25) is 0 Å². The number of methoxy groups -OCH3 is 1. The molecule has 0 aliphatic heterocycles. The van der Waals surface area contributed by atoms with Crippen molar-refractivity contribution in [2.24, 2.45) is 0 Å². The Morgan fingerprint density at radius 1 is 1.39 bits per heavy atom. The van der Waals surface area contributed by atoms with Crippen LogP contribution in [0.4, 0.5) is 4.39 Å². The summed E-state index contributed by atoms with van der Waals surface area (Å²) < 4.78 is 18.7. The number of nitrogens with one attached hydrogen (secondary N) is 1. The van der Waals surface area contributed by atoms with E-state index in [1.165, 1.54) is 18.1 Å². The second-order valence-electron chi connectivity index (χ2n) is 4.08. The van der Waals surface area contributed by atoms with Crippen LogP contribution in [0.5, 0.6) is 5.75 Å². The van der Waals surface area contributed by atoms with Crippen LogP contribution >= 0.6 is 11.3 Å². The minimum absolute atomic E-state index is 0.228. The van der Waals surface area contributed by atoms with Crippen molar-refractivity contribution >= 4 is 11.3 Å². The van der Waals surface area contributed by atoms with Gasteiger partial charge in [0, 0.05) is 29.1 Å². The summed E-state index contributed by atoms with van der Waals surface area (Å²) in [5.41, 5.74) is 0.652. The molecule has 2 rings (SSSR count). The molecule has 0 aliphatic rings. The van der Waals surface area contributed by atoms with Crippen LogP contribution in [0.3, 0.4) is 0 Å². The summed E-state index contributed by atoms with van der Waals surface area (Å²) in [5, 5.41) is 5.35. The maximum absolute atomic E-state index is 13.7. The van der Waals surface area contributed by atoms with Crippen molar-refractivity contribution in [3.8, 4) is 5.75 Å². The van der Waals surface area contributed by atoms with Crippen molar-refractivity contribution < 1.29 is 9.13 Å². The number of thiophene rings is 1. The second kappa shape index (κ2) is 5.98. The zero-order valence-corrected chi connectivity index (χ0v) is 11.3. The Hall–Kier alpha value is -1.39. The topological polar surface area (TPSA) is 21.3 Å². The highest BCUT2D eigenvalue weighted by Crippen LogP contribution is 2.20. The Kier molecular flexibility index (Phi) is 4.33. The third-order valence-corrected chi connectivity index (χ3v) is 3.88. The van der Waals surface area contributed by atoms with E-state index in [0.29, 0.717) is 17.9 Å². The lowest BCUT2D eigenvalue weighted by Gasteiger charge is -2.13. The summed E-state index contributed by atoms with van der Waals surface area (Å²) in [6, 6.07) is 9.26. The molecular formula is C14H16FNOS. The number of ether oxygens (including phenoxy) is 1. The molecule has 1 aromatic heterocycles. The maximum Gasteiger partial charge on any atom is 0.131 e. The van der Waals surface area contributed by atoms with Gasteiger partial charge in [0.05, 0.1) is 7.11 Å². The Balaban J connectivity index is 1.98. The van der Waals surface area contributed by atoms with Crippen LogP contribution in [-0.4, -0.2) is 7.11 Å².